The molecule has 0 saturated heterocycles. The molecule has 2 rings (SSSR count). The summed E-state index contributed by atoms with van der Waals surface area (Å²) in [6, 6.07) is 7.91. The molecule has 0 radical (unpaired) electrons. The molecule has 0 amide bonds. The van der Waals surface area contributed by atoms with E-state index >= 15 is 0 Å². The van der Waals surface area contributed by atoms with Gasteiger partial charge in [0.2, 0.25) is 0 Å². The number of aromatic nitrogens is 1. The second-order valence-corrected chi connectivity index (χ2v) is 5.57. The first-order valence-electron chi connectivity index (χ1n) is 6.47. The van der Waals surface area contributed by atoms with Gasteiger partial charge in [0.25, 0.3) is 0 Å². The predicted molar refractivity (Wildman–Crippen MR) is 78.6 cm³/mol. The Kier molecular flexibility index (Phi) is 4.74. The number of para-hydroxylation sites is 1. The first-order valence-corrected chi connectivity index (χ1v) is 7.29. The summed E-state index contributed by atoms with van der Waals surface area (Å²) < 4.78 is 5.61. The Bertz CT molecular complexity index is 607. The monoisotopic (exact) mass is 291 g/mol. The molecule has 5 heteroatoms. The van der Waals surface area contributed by atoms with E-state index in [-0.39, 0.29) is 6.42 Å². The van der Waals surface area contributed by atoms with E-state index < -0.39 is 5.97 Å². The van der Waals surface area contributed by atoms with Gasteiger partial charge < -0.3 is 9.84 Å². The molecule has 0 aliphatic carbocycles. The van der Waals surface area contributed by atoms with E-state index in [9.17, 15) is 4.79 Å². The van der Waals surface area contributed by atoms with Crippen LogP contribution in [0.25, 0.3) is 0 Å². The third-order valence-corrected chi connectivity index (χ3v) is 4.02. The average Bonchev–Trinajstić information content (AvgIpc) is 2.71. The number of hydrogen-bond acceptors (Lipinski definition) is 4. The molecule has 0 fully saturated rings. The zero-order valence-electron chi connectivity index (χ0n) is 11.5. The smallest absolute Gasteiger partial charge is 0.310 e. The molecule has 0 unspecified atom stereocenters. The van der Waals surface area contributed by atoms with Gasteiger partial charge in [0, 0.05) is 11.3 Å². The summed E-state index contributed by atoms with van der Waals surface area (Å²) in [7, 11) is 0. The van der Waals surface area contributed by atoms with Crippen LogP contribution in [0.15, 0.2) is 24.3 Å². The molecule has 0 bridgehead atoms. The van der Waals surface area contributed by atoms with E-state index in [0.29, 0.717) is 11.6 Å². The zero-order valence-corrected chi connectivity index (χ0v) is 12.4. The highest BCUT2D eigenvalue weighted by Crippen LogP contribution is 2.26. The van der Waals surface area contributed by atoms with E-state index in [1.54, 1.807) is 0 Å². The molecule has 20 heavy (non-hydrogen) atoms. The van der Waals surface area contributed by atoms with Crippen molar-refractivity contribution in [2.45, 2.75) is 26.7 Å². The lowest BCUT2D eigenvalue weighted by atomic mass is 10.1. The third kappa shape index (κ3) is 3.57. The largest absolute Gasteiger partial charge is 0.494 e. The summed E-state index contributed by atoms with van der Waals surface area (Å²) in [6.07, 6.45) is 0.706. The number of thiazole rings is 1. The average molecular weight is 291 g/mol. The Morgan fingerprint density at radius 2 is 2.15 bits per heavy atom. The topological polar surface area (TPSA) is 59.4 Å². The fourth-order valence-electron chi connectivity index (χ4n) is 1.98. The summed E-state index contributed by atoms with van der Waals surface area (Å²) in [5.74, 6) is 0.0302. The van der Waals surface area contributed by atoms with E-state index in [0.717, 1.165) is 28.3 Å². The number of aliphatic carboxylic acids is 1. The van der Waals surface area contributed by atoms with Gasteiger partial charge in [-0.15, -0.1) is 11.3 Å². The van der Waals surface area contributed by atoms with Crippen LogP contribution in [0.3, 0.4) is 0 Å². The molecule has 0 aliphatic rings. The zero-order chi connectivity index (χ0) is 14.5. The Hall–Kier alpha value is -1.88. The van der Waals surface area contributed by atoms with Gasteiger partial charge in [-0.05, 0) is 25.5 Å². The molecule has 1 aromatic heterocycles. The SMILES string of the molecule is CCOc1ccccc1Cc1sc(CC(=O)O)nc1C. The maximum Gasteiger partial charge on any atom is 0.310 e. The van der Waals surface area contributed by atoms with E-state index in [1.807, 2.05) is 38.1 Å². The van der Waals surface area contributed by atoms with Crippen LogP contribution >= 0.6 is 11.3 Å². The molecule has 1 N–H and O–H groups in total. The summed E-state index contributed by atoms with van der Waals surface area (Å²) in [6.45, 7) is 4.50. The minimum Gasteiger partial charge on any atom is -0.494 e. The first-order chi connectivity index (χ1) is 9.60. The Balaban J connectivity index is 2.21. The van der Waals surface area contributed by atoms with Gasteiger partial charge in [-0.1, -0.05) is 18.2 Å². The molecule has 106 valence electrons. The van der Waals surface area contributed by atoms with Crippen molar-refractivity contribution in [3.8, 4) is 5.75 Å². The quantitative estimate of drug-likeness (QED) is 0.888. The second kappa shape index (κ2) is 6.52. The minimum atomic E-state index is -0.847. The summed E-state index contributed by atoms with van der Waals surface area (Å²) in [5, 5.41) is 9.47. The fourth-order valence-corrected chi connectivity index (χ4v) is 3.06. The summed E-state index contributed by atoms with van der Waals surface area (Å²) in [4.78, 5) is 16.1. The van der Waals surface area contributed by atoms with Crippen LogP contribution in [0.4, 0.5) is 0 Å². The molecule has 1 aromatic carbocycles. The Morgan fingerprint density at radius 1 is 1.40 bits per heavy atom. The lowest BCUT2D eigenvalue weighted by Gasteiger charge is -2.09. The molecule has 2 aromatic rings. The highest BCUT2D eigenvalue weighted by atomic mass is 32.1. The maximum absolute atomic E-state index is 10.7. The van der Waals surface area contributed by atoms with Crippen LogP contribution < -0.4 is 4.74 Å². The van der Waals surface area contributed by atoms with Gasteiger partial charge in [0.1, 0.15) is 10.8 Å². The normalized spacial score (nSPS) is 10.5. The Labute approximate surface area is 122 Å². The standard InChI is InChI=1S/C15H17NO3S/c1-3-19-12-7-5-4-6-11(12)8-13-10(2)16-14(20-13)9-15(17)18/h4-7H,3,8-9H2,1-2H3,(H,17,18). The van der Waals surface area contributed by atoms with Crippen molar-refractivity contribution in [2.75, 3.05) is 6.61 Å². The van der Waals surface area contributed by atoms with Crippen molar-refractivity contribution in [2.24, 2.45) is 0 Å². The molecule has 0 saturated carbocycles. The number of hydrogen-bond donors (Lipinski definition) is 1. The van der Waals surface area contributed by atoms with Crippen LogP contribution in [0.1, 0.15) is 28.1 Å². The number of ether oxygens (including phenoxy) is 1. The molecular formula is C15H17NO3S. The van der Waals surface area contributed by atoms with Crippen LogP contribution in [-0.2, 0) is 17.6 Å². The number of benzene rings is 1. The van der Waals surface area contributed by atoms with E-state index in [4.69, 9.17) is 9.84 Å². The van der Waals surface area contributed by atoms with Crippen LogP contribution in [0.2, 0.25) is 0 Å². The van der Waals surface area contributed by atoms with Crippen molar-refractivity contribution in [1.82, 2.24) is 4.98 Å². The van der Waals surface area contributed by atoms with Gasteiger partial charge in [0.05, 0.1) is 18.7 Å². The van der Waals surface area contributed by atoms with E-state index in [2.05, 4.69) is 4.98 Å². The van der Waals surface area contributed by atoms with Crippen molar-refractivity contribution in [3.05, 3.63) is 45.4 Å². The summed E-state index contributed by atoms with van der Waals surface area (Å²) in [5.41, 5.74) is 2.00. The molecule has 0 atom stereocenters. The molecule has 1 heterocycles. The van der Waals surface area contributed by atoms with Gasteiger partial charge in [0.15, 0.2) is 0 Å². The number of carboxylic acids is 1. The predicted octanol–water partition coefficient (Wildman–Crippen LogP) is 3.07. The Morgan fingerprint density at radius 3 is 2.85 bits per heavy atom. The summed E-state index contributed by atoms with van der Waals surface area (Å²) >= 11 is 1.46. The highest BCUT2D eigenvalue weighted by molar-refractivity contribution is 7.11. The lowest BCUT2D eigenvalue weighted by molar-refractivity contribution is -0.136. The molecule has 0 aliphatic heterocycles. The lowest BCUT2D eigenvalue weighted by Crippen LogP contribution is -1.98. The fraction of sp³-hybridized carbons (Fsp3) is 0.333. The van der Waals surface area contributed by atoms with Gasteiger partial charge in [-0.2, -0.15) is 0 Å². The highest BCUT2D eigenvalue weighted by Gasteiger charge is 2.12. The molecule has 0 spiro atoms. The molecule has 4 nitrogen and oxygen atoms in total. The van der Waals surface area contributed by atoms with Gasteiger partial charge in [-0.25, -0.2) is 4.98 Å². The first kappa shape index (κ1) is 14.5. The second-order valence-electron chi connectivity index (χ2n) is 4.40. The van der Waals surface area contributed by atoms with Crippen LogP contribution in [-0.4, -0.2) is 22.7 Å². The minimum absolute atomic E-state index is 0.0153. The third-order valence-electron chi connectivity index (χ3n) is 2.86. The van der Waals surface area contributed by atoms with E-state index in [1.165, 1.54) is 11.3 Å². The van der Waals surface area contributed by atoms with Crippen LogP contribution in [0, 0.1) is 6.92 Å². The molecular weight excluding hydrogens is 274 g/mol. The number of nitrogens with zero attached hydrogens (tertiary/aromatic N) is 1. The number of aryl methyl sites for hydroxylation is 1. The maximum atomic E-state index is 10.7. The van der Waals surface area contributed by atoms with Gasteiger partial charge in [-0.3, -0.25) is 4.79 Å². The van der Waals surface area contributed by atoms with Crippen molar-refractivity contribution < 1.29 is 14.6 Å². The number of rotatable bonds is 6. The number of carboxylic acid groups (broad SMARTS) is 1. The van der Waals surface area contributed by atoms with Gasteiger partial charge >= 0.3 is 5.97 Å². The van der Waals surface area contributed by atoms with Crippen molar-refractivity contribution >= 4 is 17.3 Å². The van der Waals surface area contributed by atoms with Crippen molar-refractivity contribution in [1.29, 1.82) is 0 Å². The van der Waals surface area contributed by atoms with Crippen molar-refractivity contribution in [3.63, 3.8) is 0 Å². The number of carbonyl (C=O) groups is 1. The van der Waals surface area contributed by atoms with Crippen LogP contribution in [0.5, 0.6) is 5.75 Å².